The van der Waals surface area contributed by atoms with E-state index in [1.807, 2.05) is 0 Å². The lowest BCUT2D eigenvalue weighted by molar-refractivity contribution is 0.332. The number of nitrogens with zero attached hydrogens (tertiary/aromatic N) is 3. The number of benzene rings is 9. The summed E-state index contributed by atoms with van der Waals surface area (Å²) in [7, 11) is 0. The molecule has 2 aliphatic heterocycles. The topological polar surface area (TPSA) is 9.72 Å². The van der Waals surface area contributed by atoms with E-state index in [4.69, 9.17) is 0 Å². The molecule has 9 aromatic carbocycles. The van der Waals surface area contributed by atoms with Gasteiger partial charge in [-0.3, -0.25) is 0 Å². The molecule has 3 aliphatic rings. The number of rotatable bonds is 7. The molecule has 0 radical (unpaired) electrons. The maximum Gasteiger partial charge on any atom is 0.252 e. The van der Waals surface area contributed by atoms with Crippen LogP contribution in [0.1, 0.15) is 57.2 Å². The fourth-order valence-electron chi connectivity index (χ4n) is 11.4. The van der Waals surface area contributed by atoms with E-state index in [-0.39, 0.29) is 17.5 Å². The van der Waals surface area contributed by atoms with Gasteiger partial charge in [0.2, 0.25) is 0 Å². The van der Waals surface area contributed by atoms with Crippen LogP contribution in [0, 0.1) is 6.92 Å². The van der Waals surface area contributed by atoms with Crippen molar-refractivity contribution < 1.29 is 0 Å². The van der Waals surface area contributed by atoms with Crippen molar-refractivity contribution in [3.63, 3.8) is 0 Å². The van der Waals surface area contributed by atoms with E-state index in [1.165, 1.54) is 90.2 Å². The van der Waals surface area contributed by atoms with Gasteiger partial charge in [0.1, 0.15) is 0 Å². The molecule has 1 aliphatic carbocycles. The Hall–Kier alpha value is -7.56. The Balaban J connectivity index is 1.14. The minimum absolute atomic E-state index is 0.0284. The van der Waals surface area contributed by atoms with Crippen LogP contribution in [0.25, 0.3) is 22.3 Å². The van der Waals surface area contributed by atoms with Gasteiger partial charge in [-0.25, -0.2) is 0 Å². The van der Waals surface area contributed by atoms with Gasteiger partial charge in [0, 0.05) is 51.2 Å². The van der Waals surface area contributed by atoms with Crippen LogP contribution in [0.5, 0.6) is 0 Å². The van der Waals surface area contributed by atoms with Crippen molar-refractivity contribution in [2.75, 3.05) is 14.7 Å². The van der Waals surface area contributed by atoms with E-state index in [1.54, 1.807) is 0 Å². The van der Waals surface area contributed by atoms with Gasteiger partial charge in [0.25, 0.3) is 6.71 Å². The van der Waals surface area contributed by atoms with Crippen LogP contribution < -0.4 is 31.1 Å². The summed E-state index contributed by atoms with van der Waals surface area (Å²) in [5, 5.41) is 0. The Morgan fingerprint density at radius 3 is 1.51 bits per heavy atom. The largest absolute Gasteiger partial charge is 0.311 e. The molecule has 0 spiro atoms. The smallest absolute Gasteiger partial charge is 0.252 e. The molecule has 0 atom stereocenters. The van der Waals surface area contributed by atoms with Gasteiger partial charge in [-0.15, -0.1) is 0 Å². The molecule has 324 valence electrons. The molecule has 3 nitrogen and oxygen atoms in total. The molecule has 9 aromatic rings. The first-order valence-electron chi connectivity index (χ1n) is 23.9. The first kappa shape index (κ1) is 40.9. The Morgan fingerprint density at radius 2 is 0.896 bits per heavy atom. The zero-order valence-corrected chi connectivity index (χ0v) is 39.0. The fraction of sp³-hybridized carbons (Fsp3) is 0.143. The van der Waals surface area contributed by atoms with Crippen LogP contribution in [0.15, 0.2) is 212 Å². The van der Waals surface area contributed by atoms with E-state index in [0.717, 1.165) is 29.2 Å². The quantitative estimate of drug-likeness (QED) is 0.148. The van der Waals surface area contributed by atoms with Crippen molar-refractivity contribution in [1.29, 1.82) is 0 Å². The van der Waals surface area contributed by atoms with Crippen LogP contribution in [-0.2, 0) is 10.8 Å². The molecule has 0 unspecified atom stereocenters. The van der Waals surface area contributed by atoms with Crippen molar-refractivity contribution in [3.8, 4) is 22.3 Å². The SMILES string of the molecule is Cc1cc2c3c(c1)N(c1ccc4c(c1)C(C)(C)CCC4(C)C)c1cc(N(c4ccccc4)c4ccccc4)ccc1B3c1cc(-c3ccccc3)ccc1N2c1ccc(-c2ccccc2)cc1. The summed E-state index contributed by atoms with van der Waals surface area (Å²) in [6, 6.07) is 79.0. The molecule has 0 bridgehead atoms. The van der Waals surface area contributed by atoms with Crippen LogP contribution in [0.2, 0.25) is 0 Å². The van der Waals surface area contributed by atoms with Gasteiger partial charge >= 0.3 is 0 Å². The van der Waals surface area contributed by atoms with E-state index in [2.05, 4.69) is 262 Å². The third-order valence-electron chi connectivity index (χ3n) is 14.9. The second kappa shape index (κ2) is 15.8. The normalized spacial score (nSPS) is 15.0. The lowest BCUT2D eigenvalue weighted by Crippen LogP contribution is -2.61. The summed E-state index contributed by atoms with van der Waals surface area (Å²) in [5.74, 6) is 0. The van der Waals surface area contributed by atoms with Gasteiger partial charge in [-0.1, -0.05) is 161 Å². The standard InChI is InChI=1S/C63H54BN3/c1-43-38-59-61-60(39-43)67(51-31-33-53-54(41-51)63(4,5)37-36-62(53,2)3)58-42-52(65(48-22-14-8-15-23-48)49-24-16-9-17-25-49)32-34-55(58)64(61)56-40-47(45-20-12-7-13-21-45)28-35-57(56)66(59)50-29-26-46(27-30-50)44-18-10-6-11-19-44/h6-35,38-42H,36-37H2,1-5H3. The van der Waals surface area contributed by atoms with Gasteiger partial charge in [-0.05, 0) is 165 Å². The zero-order chi connectivity index (χ0) is 45.4. The minimum atomic E-state index is -0.0284. The Morgan fingerprint density at radius 1 is 0.388 bits per heavy atom. The summed E-state index contributed by atoms with van der Waals surface area (Å²) in [6.07, 6.45) is 2.33. The molecule has 0 aromatic heterocycles. The van der Waals surface area contributed by atoms with Crippen molar-refractivity contribution in [3.05, 3.63) is 229 Å². The van der Waals surface area contributed by atoms with Crippen LogP contribution in [0.4, 0.5) is 51.2 Å². The molecule has 2 heterocycles. The first-order chi connectivity index (χ1) is 32.6. The molecular formula is C63H54BN3. The van der Waals surface area contributed by atoms with Crippen LogP contribution in [-0.4, -0.2) is 6.71 Å². The van der Waals surface area contributed by atoms with Crippen molar-refractivity contribution in [2.45, 2.75) is 58.3 Å². The molecule has 0 fully saturated rings. The Kier molecular flexibility index (Phi) is 9.66. The van der Waals surface area contributed by atoms with Gasteiger partial charge < -0.3 is 14.7 Å². The number of hydrogen-bond acceptors (Lipinski definition) is 3. The van der Waals surface area contributed by atoms with E-state index in [0.29, 0.717) is 0 Å². The molecule has 0 saturated heterocycles. The second-order valence-electron chi connectivity index (χ2n) is 20.1. The molecule has 0 amide bonds. The van der Waals surface area contributed by atoms with E-state index >= 15 is 0 Å². The molecule has 12 rings (SSSR count). The Bertz CT molecular complexity index is 3270. The fourth-order valence-corrected chi connectivity index (χ4v) is 11.4. The minimum Gasteiger partial charge on any atom is -0.311 e. The van der Waals surface area contributed by atoms with E-state index in [9.17, 15) is 0 Å². The molecule has 4 heteroatoms. The van der Waals surface area contributed by atoms with E-state index < -0.39 is 0 Å². The second-order valence-corrected chi connectivity index (χ2v) is 20.1. The average molecular weight is 864 g/mol. The van der Waals surface area contributed by atoms with Gasteiger partial charge in [0.15, 0.2) is 0 Å². The summed E-state index contributed by atoms with van der Waals surface area (Å²) >= 11 is 0. The highest BCUT2D eigenvalue weighted by Crippen LogP contribution is 2.51. The van der Waals surface area contributed by atoms with Crippen LogP contribution >= 0.6 is 0 Å². The number of para-hydroxylation sites is 2. The number of aryl methyl sites for hydroxylation is 1. The number of anilines is 9. The first-order valence-corrected chi connectivity index (χ1v) is 23.9. The summed E-state index contributed by atoms with van der Waals surface area (Å²) in [5.41, 5.74) is 23.6. The third-order valence-corrected chi connectivity index (χ3v) is 14.9. The van der Waals surface area contributed by atoms with Gasteiger partial charge in [0.05, 0.1) is 0 Å². The maximum atomic E-state index is 2.61. The molecule has 0 saturated carbocycles. The highest BCUT2D eigenvalue weighted by molar-refractivity contribution is 7.00. The lowest BCUT2D eigenvalue weighted by Gasteiger charge is -2.46. The highest BCUT2D eigenvalue weighted by Gasteiger charge is 2.45. The average Bonchev–Trinajstić information content (AvgIpc) is 3.36. The van der Waals surface area contributed by atoms with Crippen molar-refractivity contribution >= 4 is 74.3 Å². The predicted molar refractivity (Wildman–Crippen MR) is 286 cm³/mol. The monoisotopic (exact) mass is 863 g/mol. The zero-order valence-electron chi connectivity index (χ0n) is 39.0. The van der Waals surface area contributed by atoms with Crippen LogP contribution in [0.3, 0.4) is 0 Å². The number of hydrogen-bond donors (Lipinski definition) is 0. The molecule has 67 heavy (non-hydrogen) atoms. The predicted octanol–water partition coefficient (Wildman–Crippen LogP) is 15.2. The maximum absolute atomic E-state index is 2.61. The highest BCUT2D eigenvalue weighted by atomic mass is 15.2. The van der Waals surface area contributed by atoms with Gasteiger partial charge in [-0.2, -0.15) is 0 Å². The summed E-state index contributed by atoms with van der Waals surface area (Å²) < 4.78 is 0. The van der Waals surface area contributed by atoms with Crippen molar-refractivity contribution in [1.82, 2.24) is 0 Å². The third kappa shape index (κ3) is 6.89. The molecular weight excluding hydrogens is 810 g/mol. The summed E-state index contributed by atoms with van der Waals surface area (Å²) in [4.78, 5) is 7.54. The lowest BCUT2D eigenvalue weighted by atomic mass is 9.33. The summed E-state index contributed by atoms with van der Waals surface area (Å²) in [6.45, 7) is 12.0. The van der Waals surface area contributed by atoms with Crippen molar-refractivity contribution in [2.24, 2.45) is 0 Å². The number of fused-ring (bicyclic) bond motifs is 5. The Labute approximate surface area is 396 Å². The molecule has 0 N–H and O–H groups in total.